The van der Waals surface area contributed by atoms with E-state index in [2.05, 4.69) is 34.9 Å². The highest BCUT2D eigenvalue weighted by atomic mass is 35.5. The minimum atomic E-state index is 0.341. The van der Waals surface area contributed by atoms with Crippen LogP contribution in [0.5, 0.6) is 0 Å². The van der Waals surface area contributed by atoms with E-state index in [-0.39, 0.29) is 0 Å². The van der Waals surface area contributed by atoms with Crippen molar-refractivity contribution in [3.63, 3.8) is 0 Å². The third kappa shape index (κ3) is 2.08. The van der Waals surface area contributed by atoms with Crippen molar-refractivity contribution in [1.29, 1.82) is 0 Å². The molecule has 1 fully saturated rings. The van der Waals surface area contributed by atoms with E-state index in [9.17, 15) is 0 Å². The van der Waals surface area contributed by atoms with Gasteiger partial charge in [0, 0.05) is 31.1 Å². The number of nitrogens with one attached hydrogen (secondary N) is 2. The van der Waals surface area contributed by atoms with E-state index < -0.39 is 0 Å². The van der Waals surface area contributed by atoms with Gasteiger partial charge in [-0.05, 0) is 5.56 Å². The Labute approximate surface area is 89.7 Å². The quantitative estimate of drug-likeness (QED) is 0.724. The summed E-state index contributed by atoms with van der Waals surface area (Å²) >= 11 is 5.92. The summed E-state index contributed by atoms with van der Waals surface area (Å²) in [7, 11) is 0. The van der Waals surface area contributed by atoms with Crippen molar-refractivity contribution < 1.29 is 0 Å². The van der Waals surface area contributed by atoms with Crippen molar-refractivity contribution in [2.45, 2.75) is 12.1 Å². The molecular formula is C11H15ClN2. The number of rotatable bonds is 2. The second-order valence-corrected chi connectivity index (χ2v) is 3.87. The fourth-order valence-electron chi connectivity index (χ4n) is 1.90. The first-order valence-electron chi connectivity index (χ1n) is 4.99. The average Bonchev–Trinajstić information content (AvgIpc) is 2.30. The van der Waals surface area contributed by atoms with Crippen molar-refractivity contribution in [2.75, 3.05) is 19.0 Å². The maximum Gasteiger partial charge on any atom is 0.0488 e. The fraction of sp³-hybridized carbons (Fsp3) is 0.455. The van der Waals surface area contributed by atoms with Crippen LogP contribution in [-0.4, -0.2) is 25.0 Å². The molecule has 1 aliphatic rings. The highest BCUT2D eigenvalue weighted by Crippen LogP contribution is 2.19. The summed E-state index contributed by atoms with van der Waals surface area (Å²) in [5.41, 5.74) is 1.31. The van der Waals surface area contributed by atoms with Gasteiger partial charge in [-0.25, -0.2) is 0 Å². The molecule has 1 heterocycles. The van der Waals surface area contributed by atoms with E-state index >= 15 is 0 Å². The zero-order chi connectivity index (χ0) is 9.80. The smallest absolute Gasteiger partial charge is 0.0488 e. The molecular weight excluding hydrogens is 196 g/mol. The first-order valence-corrected chi connectivity index (χ1v) is 5.53. The largest absolute Gasteiger partial charge is 0.310 e. The van der Waals surface area contributed by atoms with E-state index in [4.69, 9.17) is 11.6 Å². The lowest BCUT2D eigenvalue weighted by molar-refractivity contribution is 0.348. The lowest BCUT2D eigenvalue weighted by Crippen LogP contribution is -2.51. The molecule has 1 aromatic rings. The second kappa shape index (κ2) is 4.78. The highest BCUT2D eigenvalue weighted by Gasteiger charge is 2.24. The maximum absolute atomic E-state index is 5.92. The molecule has 2 rings (SSSR count). The normalized spacial score (nSPS) is 27.5. The lowest BCUT2D eigenvalue weighted by atomic mass is 9.99. The summed E-state index contributed by atoms with van der Waals surface area (Å²) in [4.78, 5) is 0. The van der Waals surface area contributed by atoms with Gasteiger partial charge in [0.2, 0.25) is 0 Å². The summed E-state index contributed by atoms with van der Waals surface area (Å²) in [6.45, 7) is 2.01. The Morgan fingerprint density at radius 3 is 2.57 bits per heavy atom. The van der Waals surface area contributed by atoms with Crippen molar-refractivity contribution in [3.05, 3.63) is 35.9 Å². The zero-order valence-corrected chi connectivity index (χ0v) is 8.80. The van der Waals surface area contributed by atoms with Crippen LogP contribution in [0.15, 0.2) is 30.3 Å². The number of alkyl halides is 1. The topological polar surface area (TPSA) is 24.1 Å². The Kier molecular flexibility index (Phi) is 3.40. The summed E-state index contributed by atoms with van der Waals surface area (Å²) < 4.78 is 0. The third-order valence-corrected chi connectivity index (χ3v) is 2.96. The Bertz CT molecular complexity index is 276. The Balaban J connectivity index is 2.15. The van der Waals surface area contributed by atoms with Crippen LogP contribution in [0.2, 0.25) is 0 Å². The Hall–Kier alpha value is -0.570. The molecule has 2 unspecified atom stereocenters. The van der Waals surface area contributed by atoms with E-state index in [1.807, 2.05) is 6.07 Å². The van der Waals surface area contributed by atoms with Crippen molar-refractivity contribution in [3.8, 4) is 0 Å². The van der Waals surface area contributed by atoms with Crippen LogP contribution in [0.1, 0.15) is 11.6 Å². The summed E-state index contributed by atoms with van der Waals surface area (Å²) in [6, 6.07) is 11.1. The number of benzene rings is 1. The standard InChI is InChI=1S/C11H15ClN2/c12-8-10-11(14-7-6-13-10)9-4-2-1-3-5-9/h1-5,10-11,13-14H,6-8H2. The van der Waals surface area contributed by atoms with Crippen molar-refractivity contribution in [2.24, 2.45) is 0 Å². The molecule has 3 heteroatoms. The van der Waals surface area contributed by atoms with Gasteiger partial charge in [-0.1, -0.05) is 30.3 Å². The van der Waals surface area contributed by atoms with Gasteiger partial charge in [-0.15, -0.1) is 11.6 Å². The molecule has 2 N–H and O–H groups in total. The lowest BCUT2D eigenvalue weighted by Gasteiger charge is -2.32. The summed E-state index contributed by atoms with van der Waals surface area (Å²) in [5, 5.41) is 6.91. The van der Waals surface area contributed by atoms with Gasteiger partial charge in [-0.3, -0.25) is 0 Å². The molecule has 0 saturated carbocycles. The third-order valence-electron chi connectivity index (χ3n) is 2.62. The van der Waals surface area contributed by atoms with Crippen molar-refractivity contribution >= 4 is 11.6 Å². The first kappa shape index (κ1) is 9.97. The minimum absolute atomic E-state index is 0.341. The van der Waals surface area contributed by atoms with E-state index in [1.165, 1.54) is 5.56 Å². The van der Waals surface area contributed by atoms with Crippen LogP contribution in [0, 0.1) is 0 Å². The van der Waals surface area contributed by atoms with Crippen LogP contribution in [-0.2, 0) is 0 Å². The van der Waals surface area contributed by atoms with Crippen LogP contribution in [0.4, 0.5) is 0 Å². The van der Waals surface area contributed by atoms with Gasteiger partial charge in [0.25, 0.3) is 0 Å². The van der Waals surface area contributed by atoms with Gasteiger partial charge >= 0.3 is 0 Å². The minimum Gasteiger partial charge on any atom is -0.310 e. The van der Waals surface area contributed by atoms with Gasteiger partial charge in [0.15, 0.2) is 0 Å². The second-order valence-electron chi connectivity index (χ2n) is 3.56. The van der Waals surface area contributed by atoms with E-state index in [0.29, 0.717) is 18.0 Å². The monoisotopic (exact) mass is 210 g/mol. The highest BCUT2D eigenvalue weighted by molar-refractivity contribution is 6.18. The number of piperazine rings is 1. The molecule has 2 atom stereocenters. The van der Waals surface area contributed by atoms with Gasteiger partial charge in [0.05, 0.1) is 0 Å². The molecule has 1 saturated heterocycles. The molecule has 0 spiro atoms. The number of halogens is 1. The molecule has 1 aromatic carbocycles. The van der Waals surface area contributed by atoms with Gasteiger partial charge in [0.1, 0.15) is 0 Å². The molecule has 0 radical (unpaired) electrons. The molecule has 0 aromatic heterocycles. The first-order chi connectivity index (χ1) is 6.92. The molecule has 2 nitrogen and oxygen atoms in total. The zero-order valence-electron chi connectivity index (χ0n) is 8.04. The summed E-state index contributed by atoms with van der Waals surface area (Å²) in [5.74, 6) is 0.645. The van der Waals surface area contributed by atoms with Crippen LogP contribution in [0.25, 0.3) is 0 Å². The Morgan fingerprint density at radius 2 is 1.86 bits per heavy atom. The SMILES string of the molecule is ClCC1NCCNC1c1ccccc1. The van der Waals surface area contributed by atoms with Crippen molar-refractivity contribution in [1.82, 2.24) is 10.6 Å². The molecule has 0 amide bonds. The fourth-order valence-corrected chi connectivity index (χ4v) is 2.19. The number of hydrogen-bond acceptors (Lipinski definition) is 2. The van der Waals surface area contributed by atoms with Crippen LogP contribution >= 0.6 is 11.6 Å². The molecule has 76 valence electrons. The average molecular weight is 211 g/mol. The maximum atomic E-state index is 5.92. The van der Waals surface area contributed by atoms with Gasteiger partial charge in [-0.2, -0.15) is 0 Å². The van der Waals surface area contributed by atoms with Gasteiger partial charge < -0.3 is 10.6 Å². The number of hydrogen-bond donors (Lipinski definition) is 2. The van der Waals surface area contributed by atoms with E-state index in [1.54, 1.807) is 0 Å². The van der Waals surface area contributed by atoms with Crippen LogP contribution < -0.4 is 10.6 Å². The molecule has 14 heavy (non-hydrogen) atoms. The molecule has 1 aliphatic heterocycles. The predicted octanol–water partition coefficient (Wildman–Crippen LogP) is 1.53. The van der Waals surface area contributed by atoms with Crippen LogP contribution in [0.3, 0.4) is 0 Å². The molecule has 0 aliphatic carbocycles. The predicted molar refractivity (Wildman–Crippen MR) is 59.7 cm³/mol. The van der Waals surface area contributed by atoms with E-state index in [0.717, 1.165) is 13.1 Å². The summed E-state index contributed by atoms with van der Waals surface area (Å²) in [6.07, 6.45) is 0. The Morgan fingerprint density at radius 1 is 1.14 bits per heavy atom. The molecule has 0 bridgehead atoms.